The van der Waals surface area contributed by atoms with Crippen molar-refractivity contribution in [1.82, 2.24) is 14.5 Å². The minimum Gasteiger partial charge on any atom is -0.481 e. The quantitative estimate of drug-likeness (QED) is 0.823. The Morgan fingerprint density at radius 1 is 1.63 bits per heavy atom. The lowest BCUT2D eigenvalue weighted by atomic mass is 10.0. The van der Waals surface area contributed by atoms with Crippen molar-refractivity contribution in [2.75, 3.05) is 19.8 Å². The van der Waals surface area contributed by atoms with Crippen LogP contribution in [0.3, 0.4) is 0 Å². The molecule has 1 fully saturated rings. The number of rotatable bonds is 6. The third kappa shape index (κ3) is 3.13. The first kappa shape index (κ1) is 14.0. The van der Waals surface area contributed by atoms with Crippen LogP contribution in [0.25, 0.3) is 0 Å². The molecule has 0 saturated carbocycles. The lowest BCUT2D eigenvalue weighted by Crippen LogP contribution is -2.43. The largest absolute Gasteiger partial charge is 0.481 e. The molecule has 2 atom stereocenters. The van der Waals surface area contributed by atoms with E-state index in [1.807, 2.05) is 17.8 Å². The first-order chi connectivity index (χ1) is 9.13. The van der Waals surface area contributed by atoms with Crippen LogP contribution in [0.15, 0.2) is 12.5 Å². The molecule has 0 bridgehead atoms. The molecule has 6 nitrogen and oxygen atoms in total. The van der Waals surface area contributed by atoms with Crippen molar-refractivity contribution in [3.63, 3.8) is 0 Å². The number of aryl methyl sites for hydroxylation is 1. The third-order valence-electron chi connectivity index (χ3n) is 3.63. The lowest BCUT2D eigenvalue weighted by molar-refractivity contribution is -0.143. The molecule has 1 saturated heterocycles. The number of imidazole rings is 1. The van der Waals surface area contributed by atoms with E-state index in [-0.39, 0.29) is 6.04 Å². The fourth-order valence-corrected chi connectivity index (χ4v) is 2.53. The number of aromatic nitrogens is 2. The Balaban J connectivity index is 2.11. The molecule has 1 aromatic heterocycles. The molecule has 0 aliphatic carbocycles. The van der Waals surface area contributed by atoms with E-state index in [1.54, 1.807) is 6.33 Å². The van der Waals surface area contributed by atoms with Gasteiger partial charge in [0.2, 0.25) is 0 Å². The van der Waals surface area contributed by atoms with Crippen LogP contribution in [0.1, 0.15) is 19.0 Å². The summed E-state index contributed by atoms with van der Waals surface area (Å²) < 4.78 is 7.33. The number of aliphatic carboxylic acids is 1. The van der Waals surface area contributed by atoms with Gasteiger partial charge in [0.15, 0.2) is 0 Å². The Morgan fingerprint density at radius 3 is 3.00 bits per heavy atom. The number of hydrogen-bond donors (Lipinski definition) is 1. The van der Waals surface area contributed by atoms with Crippen molar-refractivity contribution in [3.8, 4) is 0 Å². The monoisotopic (exact) mass is 267 g/mol. The molecule has 1 aliphatic rings. The van der Waals surface area contributed by atoms with Crippen LogP contribution in [-0.4, -0.2) is 51.3 Å². The van der Waals surface area contributed by atoms with Gasteiger partial charge in [-0.15, -0.1) is 0 Å². The van der Waals surface area contributed by atoms with Crippen LogP contribution >= 0.6 is 0 Å². The number of carboxylic acid groups (broad SMARTS) is 1. The van der Waals surface area contributed by atoms with E-state index in [2.05, 4.69) is 16.8 Å². The van der Waals surface area contributed by atoms with E-state index in [4.69, 9.17) is 4.74 Å². The number of carbonyl (C=O) groups is 1. The van der Waals surface area contributed by atoms with Crippen LogP contribution < -0.4 is 0 Å². The maximum absolute atomic E-state index is 11.3. The van der Waals surface area contributed by atoms with Crippen molar-refractivity contribution in [1.29, 1.82) is 0 Å². The third-order valence-corrected chi connectivity index (χ3v) is 3.63. The highest BCUT2D eigenvalue weighted by atomic mass is 16.5. The summed E-state index contributed by atoms with van der Waals surface area (Å²) in [6.45, 7) is 4.48. The second kappa shape index (κ2) is 6.16. The van der Waals surface area contributed by atoms with Crippen LogP contribution in [-0.2, 0) is 23.1 Å². The molecule has 1 aromatic rings. The molecule has 0 aromatic carbocycles. The molecule has 0 spiro atoms. The second-order valence-corrected chi connectivity index (χ2v) is 5.02. The van der Waals surface area contributed by atoms with Crippen LogP contribution in [0.2, 0.25) is 0 Å². The maximum Gasteiger partial charge on any atom is 0.310 e. The average Bonchev–Trinajstić information content (AvgIpc) is 2.98. The highest BCUT2D eigenvalue weighted by Gasteiger charge is 2.37. The molecule has 6 heteroatoms. The van der Waals surface area contributed by atoms with Gasteiger partial charge in [-0.25, -0.2) is 4.98 Å². The van der Waals surface area contributed by atoms with Gasteiger partial charge in [-0.05, 0) is 13.0 Å². The SMILES string of the molecule is CCCN(Cc1cncn1C)C1COCC1C(=O)O. The van der Waals surface area contributed by atoms with Gasteiger partial charge < -0.3 is 14.4 Å². The summed E-state index contributed by atoms with van der Waals surface area (Å²) in [5, 5.41) is 9.26. The highest BCUT2D eigenvalue weighted by molar-refractivity contribution is 5.71. The van der Waals surface area contributed by atoms with Gasteiger partial charge in [-0.2, -0.15) is 0 Å². The summed E-state index contributed by atoms with van der Waals surface area (Å²) in [6, 6.07) is -0.0488. The first-order valence-corrected chi connectivity index (χ1v) is 6.63. The van der Waals surface area contributed by atoms with Gasteiger partial charge in [-0.1, -0.05) is 6.92 Å². The van der Waals surface area contributed by atoms with Crippen molar-refractivity contribution in [2.45, 2.75) is 25.9 Å². The van der Waals surface area contributed by atoms with Crippen LogP contribution in [0.5, 0.6) is 0 Å². The van der Waals surface area contributed by atoms with Gasteiger partial charge >= 0.3 is 5.97 Å². The van der Waals surface area contributed by atoms with E-state index in [0.717, 1.165) is 18.7 Å². The zero-order valence-electron chi connectivity index (χ0n) is 11.5. The number of ether oxygens (including phenoxy) is 1. The lowest BCUT2D eigenvalue weighted by Gasteiger charge is -2.29. The predicted octanol–water partition coefficient (Wildman–Crippen LogP) is 0.732. The van der Waals surface area contributed by atoms with E-state index >= 15 is 0 Å². The van der Waals surface area contributed by atoms with Gasteiger partial charge in [-0.3, -0.25) is 9.69 Å². The summed E-state index contributed by atoms with van der Waals surface area (Å²) in [7, 11) is 1.95. The molecule has 106 valence electrons. The van der Waals surface area contributed by atoms with E-state index in [9.17, 15) is 9.90 Å². The Hall–Kier alpha value is -1.40. The van der Waals surface area contributed by atoms with Crippen LogP contribution in [0.4, 0.5) is 0 Å². The topological polar surface area (TPSA) is 67.6 Å². The van der Waals surface area contributed by atoms with E-state index in [1.165, 1.54) is 0 Å². The summed E-state index contributed by atoms with van der Waals surface area (Å²) in [5.41, 5.74) is 1.09. The number of hydrogen-bond acceptors (Lipinski definition) is 4. The smallest absolute Gasteiger partial charge is 0.310 e. The van der Waals surface area contributed by atoms with E-state index in [0.29, 0.717) is 19.8 Å². The number of carboxylic acids is 1. The Bertz CT molecular complexity index is 433. The number of nitrogens with zero attached hydrogens (tertiary/aromatic N) is 3. The maximum atomic E-state index is 11.3. The predicted molar refractivity (Wildman–Crippen MR) is 69.6 cm³/mol. The zero-order valence-corrected chi connectivity index (χ0v) is 11.5. The van der Waals surface area contributed by atoms with Gasteiger partial charge in [0.25, 0.3) is 0 Å². The minimum absolute atomic E-state index is 0.0488. The van der Waals surface area contributed by atoms with Gasteiger partial charge in [0.05, 0.1) is 31.2 Å². The molecule has 2 heterocycles. The Morgan fingerprint density at radius 2 is 2.42 bits per heavy atom. The standard InChI is InChI=1S/C13H21N3O3/c1-3-4-16(6-10-5-14-9-15(10)2)12-8-19-7-11(12)13(17)18/h5,9,11-12H,3-4,6-8H2,1-2H3,(H,17,18). The minimum atomic E-state index is -0.770. The fourth-order valence-electron chi connectivity index (χ4n) is 2.53. The van der Waals surface area contributed by atoms with Gasteiger partial charge in [0.1, 0.15) is 0 Å². The molecule has 1 aliphatic heterocycles. The Labute approximate surface area is 113 Å². The summed E-state index contributed by atoms with van der Waals surface area (Å²) in [4.78, 5) is 17.6. The summed E-state index contributed by atoms with van der Waals surface area (Å²) in [5.74, 6) is -1.20. The zero-order chi connectivity index (χ0) is 13.8. The molecule has 2 rings (SSSR count). The second-order valence-electron chi connectivity index (χ2n) is 5.02. The summed E-state index contributed by atoms with van der Waals surface area (Å²) >= 11 is 0. The highest BCUT2D eigenvalue weighted by Crippen LogP contribution is 2.22. The normalized spacial score (nSPS) is 23.1. The molecule has 2 unspecified atom stereocenters. The Kier molecular flexibility index (Phi) is 4.55. The van der Waals surface area contributed by atoms with Crippen LogP contribution in [0, 0.1) is 5.92 Å². The van der Waals surface area contributed by atoms with Crippen molar-refractivity contribution in [3.05, 3.63) is 18.2 Å². The molecule has 19 heavy (non-hydrogen) atoms. The molecule has 0 radical (unpaired) electrons. The van der Waals surface area contributed by atoms with Crippen molar-refractivity contribution >= 4 is 5.97 Å². The molecular formula is C13H21N3O3. The molecular weight excluding hydrogens is 246 g/mol. The molecule has 1 N–H and O–H groups in total. The first-order valence-electron chi connectivity index (χ1n) is 6.63. The molecule has 0 amide bonds. The van der Waals surface area contributed by atoms with Crippen molar-refractivity contribution < 1.29 is 14.6 Å². The fraction of sp³-hybridized carbons (Fsp3) is 0.692. The average molecular weight is 267 g/mol. The summed E-state index contributed by atoms with van der Waals surface area (Å²) in [6.07, 6.45) is 4.58. The van der Waals surface area contributed by atoms with Gasteiger partial charge in [0, 0.05) is 25.8 Å². The van der Waals surface area contributed by atoms with Crippen molar-refractivity contribution in [2.24, 2.45) is 13.0 Å². The van der Waals surface area contributed by atoms with E-state index < -0.39 is 11.9 Å².